The lowest BCUT2D eigenvalue weighted by Crippen LogP contribution is -2.06. The number of fused-ring (bicyclic) bond motifs is 1. The zero-order chi connectivity index (χ0) is 13.2. The Balaban J connectivity index is 1.80. The first-order chi connectivity index (χ1) is 9.24. The van der Waals surface area contributed by atoms with Crippen LogP contribution in [-0.4, -0.2) is 19.1 Å². The smallest absolute Gasteiger partial charge is 0.201 e. The molecular formula is C13H14ClN5. The van der Waals surface area contributed by atoms with Crippen LogP contribution in [0.25, 0.3) is 11.0 Å². The summed E-state index contributed by atoms with van der Waals surface area (Å²) in [6, 6.07) is 5.62. The van der Waals surface area contributed by atoms with Crippen molar-refractivity contribution in [3.63, 3.8) is 0 Å². The van der Waals surface area contributed by atoms with Crippen molar-refractivity contribution in [3.05, 3.63) is 41.9 Å². The molecule has 0 saturated heterocycles. The van der Waals surface area contributed by atoms with Crippen LogP contribution in [0.3, 0.4) is 0 Å². The zero-order valence-electron chi connectivity index (χ0n) is 10.3. The molecule has 3 aromatic rings. The summed E-state index contributed by atoms with van der Waals surface area (Å²) in [5.41, 5.74) is 7.81. The van der Waals surface area contributed by atoms with Gasteiger partial charge in [0.1, 0.15) is 0 Å². The normalized spacial score (nSPS) is 11.2. The zero-order valence-corrected chi connectivity index (χ0v) is 11.1. The maximum absolute atomic E-state index is 6.02. The van der Waals surface area contributed by atoms with E-state index in [1.54, 1.807) is 6.20 Å². The van der Waals surface area contributed by atoms with Crippen molar-refractivity contribution in [1.29, 1.82) is 0 Å². The summed E-state index contributed by atoms with van der Waals surface area (Å²) in [4.78, 5) is 8.35. The van der Waals surface area contributed by atoms with E-state index in [0.29, 0.717) is 11.0 Å². The van der Waals surface area contributed by atoms with E-state index in [2.05, 4.69) is 9.97 Å². The van der Waals surface area contributed by atoms with Crippen LogP contribution >= 0.6 is 11.6 Å². The second-order valence-electron chi connectivity index (χ2n) is 4.41. The molecule has 2 heterocycles. The molecule has 0 bridgehead atoms. The number of aryl methyl sites for hydroxylation is 2. The maximum Gasteiger partial charge on any atom is 0.201 e. The minimum atomic E-state index is 0.530. The number of nitrogens with two attached hydrogens (primary N) is 1. The molecule has 0 spiro atoms. The molecule has 0 amide bonds. The predicted octanol–water partition coefficient (Wildman–Crippen LogP) is 2.56. The molecular weight excluding hydrogens is 262 g/mol. The summed E-state index contributed by atoms with van der Waals surface area (Å²) < 4.78 is 4.04. The SMILES string of the molecule is Nc1nc2ccc(Cl)cc2n1CCCn1ccnc1. The lowest BCUT2D eigenvalue weighted by molar-refractivity contribution is 0.575. The number of benzene rings is 1. The molecule has 0 atom stereocenters. The highest BCUT2D eigenvalue weighted by Crippen LogP contribution is 2.22. The second kappa shape index (κ2) is 4.93. The Morgan fingerprint density at radius 3 is 2.95 bits per heavy atom. The molecule has 0 aliphatic heterocycles. The third-order valence-corrected chi connectivity index (χ3v) is 3.33. The highest BCUT2D eigenvalue weighted by molar-refractivity contribution is 6.31. The Labute approximate surface area is 115 Å². The van der Waals surface area contributed by atoms with Gasteiger partial charge >= 0.3 is 0 Å². The molecule has 0 unspecified atom stereocenters. The summed E-state index contributed by atoms with van der Waals surface area (Å²) >= 11 is 6.02. The monoisotopic (exact) mass is 275 g/mol. The predicted molar refractivity (Wildman–Crippen MR) is 76.0 cm³/mol. The second-order valence-corrected chi connectivity index (χ2v) is 4.85. The summed E-state index contributed by atoms with van der Waals surface area (Å²) in [6.45, 7) is 1.71. The molecule has 98 valence electrons. The van der Waals surface area contributed by atoms with Crippen LogP contribution in [0.5, 0.6) is 0 Å². The molecule has 0 fully saturated rings. The Morgan fingerprint density at radius 1 is 1.26 bits per heavy atom. The first-order valence-corrected chi connectivity index (χ1v) is 6.49. The van der Waals surface area contributed by atoms with Crippen LogP contribution in [0.1, 0.15) is 6.42 Å². The van der Waals surface area contributed by atoms with Crippen LogP contribution in [0.15, 0.2) is 36.9 Å². The Kier molecular flexibility index (Phi) is 3.13. The van der Waals surface area contributed by atoms with Gasteiger partial charge < -0.3 is 14.9 Å². The fraction of sp³-hybridized carbons (Fsp3) is 0.231. The highest BCUT2D eigenvalue weighted by Gasteiger charge is 2.08. The number of rotatable bonds is 4. The number of hydrogen-bond acceptors (Lipinski definition) is 3. The van der Waals surface area contributed by atoms with Gasteiger partial charge in [-0.15, -0.1) is 0 Å². The number of imidazole rings is 2. The molecule has 5 nitrogen and oxygen atoms in total. The van der Waals surface area contributed by atoms with E-state index >= 15 is 0 Å². The first-order valence-electron chi connectivity index (χ1n) is 6.11. The van der Waals surface area contributed by atoms with Crippen LogP contribution < -0.4 is 5.73 Å². The Hall–Kier alpha value is -2.01. The average Bonchev–Trinajstić information content (AvgIpc) is 2.99. The first kappa shape index (κ1) is 12.0. The van der Waals surface area contributed by atoms with E-state index in [1.807, 2.05) is 39.9 Å². The molecule has 2 aromatic heterocycles. The molecule has 0 radical (unpaired) electrons. The molecule has 19 heavy (non-hydrogen) atoms. The summed E-state index contributed by atoms with van der Waals surface area (Å²) in [5.74, 6) is 0.530. The largest absolute Gasteiger partial charge is 0.369 e. The van der Waals surface area contributed by atoms with E-state index in [0.717, 1.165) is 30.5 Å². The van der Waals surface area contributed by atoms with Crippen molar-refractivity contribution in [2.75, 3.05) is 5.73 Å². The van der Waals surface area contributed by atoms with E-state index < -0.39 is 0 Å². The fourth-order valence-electron chi connectivity index (χ4n) is 2.18. The van der Waals surface area contributed by atoms with Gasteiger partial charge in [-0.1, -0.05) is 11.6 Å². The minimum Gasteiger partial charge on any atom is -0.369 e. The van der Waals surface area contributed by atoms with Crippen molar-refractivity contribution in [3.8, 4) is 0 Å². The van der Waals surface area contributed by atoms with Gasteiger partial charge in [-0.25, -0.2) is 9.97 Å². The third-order valence-electron chi connectivity index (χ3n) is 3.10. The maximum atomic E-state index is 6.02. The molecule has 0 aliphatic carbocycles. The molecule has 2 N–H and O–H groups in total. The van der Waals surface area contributed by atoms with Gasteiger partial charge in [0.2, 0.25) is 5.95 Å². The van der Waals surface area contributed by atoms with Gasteiger partial charge in [0.25, 0.3) is 0 Å². The molecule has 0 saturated carbocycles. The average molecular weight is 276 g/mol. The summed E-state index contributed by atoms with van der Waals surface area (Å²) in [7, 11) is 0. The Morgan fingerprint density at radius 2 is 2.16 bits per heavy atom. The van der Waals surface area contributed by atoms with Gasteiger partial charge in [0.05, 0.1) is 17.4 Å². The van der Waals surface area contributed by atoms with E-state index in [1.165, 1.54) is 0 Å². The van der Waals surface area contributed by atoms with Crippen molar-refractivity contribution in [2.24, 2.45) is 0 Å². The van der Waals surface area contributed by atoms with Crippen molar-refractivity contribution >= 4 is 28.6 Å². The van der Waals surface area contributed by atoms with Crippen LogP contribution in [0.4, 0.5) is 5.95 Å². The van der Waals surface area contributed by atoms with Gasteiger partial charge in [0.15, 0.2) is 0 Å². The Bertz CT molecular complexity index is 686. The van der Waals surface area contributed by atoms with Crippen LogP contribution in [0, 0.1) is 0 Å². The molecule has 1 aromatic carbocycles. The minimum absolute atomic E-state index is 0.530. The number of halogens is 1. The van der Waals surface area contributed by atoms with Gasteiger partial charge in [-0.05, 0) is 24.6 Å². The van der Waals surface area contributed by atoms with E-state index in [9.17, 15) is 0 Å². The highest BCUT2D eigenvalue weighted by atomic mass is 35.5. The lowest BCUT2D eigenvalue weighted by atomic mass is 10.3. The summed E-state index contributed by atoms with van der Waals surface area (Å²) in [5, 5.41) is 0.697. The number of anilines is 1. The molecule has 0 aliphatic rings. The van der Waals surface area contributed by atoms with Crippen LogP contribution in [0.2, 0.25) is 5.02 Å². The molecule has 6 heteroatoms. The fourth-order valence-corrected chi connectivity index (χ4v) is 2.35. The number of aromatic nitrogens is 4. The standard InChI is InChI=1S/C13H14ClN5/c14-10-2-3-11-12(8-10)19(13(15)17-11)6-1-5-18-7-4-16-9-18/h2-4,7-9H,1,5-6H2,(H2,15,17). The van der Waals surface area contributed by atoms with Gasteiger partial charge in [-0.3, -0.25) is 0 Å². The van der Waals surface area contributed by atoms with E-state index in [4.69, 9.17) is 17.3 Å². The van der Waals surface area contributed by atoms with Crippen molar-refractivity contribution < 1.29 is 0 Å². The van der Waals surface area contributed by atoms with E-state index in [-0.39, 0.29) is 0 Å². The third kappa shape index (κ3) is 2.42. The number of hydrogen-bond donors (Lipinski definition) is 1. The van der Waals surface area contributed by atoms with Crippen molar-refractivity contribution in [1.82, 2.24) is 19.1 Å². The van der Waals surface area contributed by atoms with Gasteiger partial charge in [0, 0.05) is 30.5 Å². The quantitative estimate of drug-likeness (QED) is 0.796. The van der Waals surface area contributed by atoms with Crippen molar-refractivity contribution in [2.45, 2.75) is 19.5 Å². The lowest BCUT2D eigenvalue weighted by Gasteiger charge is -2.07. The molecule has 3 rings (SSSR count). The topological polar surface area (TPSA) is 61.7 Å². The summed E-state index contributed by atoms with van der Waals surface area (Å²) in [6.07, 6.45) is 6.50. The number of nitrogens with zero attached hydrogens (tertiary/aromatic N) is 4. The van der Waals surface area contributed by atoms with Crippen LogP contribution in [-0.2, 0) is 13.1 Å². The number of nitrogen functional groups attached to an aromatic ring is 1. The van der Waals surface area contributed by atoms with Gasteiger partial charge in [-0.2, -0.15) is 0 Å².